The minimum absolute atomic E-state index is 0.122. The van der Waals surface area contributed by atoms with Crippen LogP contribution in [0.15, 0.2) is 29.5 Å². The van der Waals surface area contributed by atoms with Crippen LogP contribution >= 0.6 is 11.8 Å². The number of hydrogen-bond acceptors (Lipinski definition) is 8. The number of anilines is 1. The smallest absolute Gasteiger partial charge is 0.477 e. The van der Waals surface area contributed by atoms with E-state index in [1.54, 1.807) is 17.6 Å². The zero-order valence-electron chi connectivity index (χ0n) is 17.4. The van der Waals surface area contributed by atoms with Crippen molar-refractivity contribution in [3.63, 3.8) is 0 Å². The molecule has 2 aromatic heterocycles. The van der Waals surface area contributed by atoms with Gasteiger partial charge in [-0.25, -0.2) is 14.0 Å². The Morgan fingerprint density at radius 3 is 2.47 bits per heavy atom. The van der Waals surface area contributed by atoms with Crippen LogP contribution in [0, 0.1) is 19.7 Å². The van der Waals surface area contributed by atoms with Gasteiger partial charge in [-0.3, -0.25) is 9.69 Å². The van der Waals surface area contributed by atoms with Gasteiger partial charge in [0.05, 0.1) is 34.0 Å². The molecule has 2 aliphatic heterocycles. The number of aromatic carboxylic acids is 1. The van der Waals surface area contributed by atoms with Crippen molar-refractivity contribution in [1.29, 1.82) is 0 Å². The summed E-state index contributed by atoms with van der Waals surface area (Å²) in [6.45, 7) is 5.96. The number of nitrogens with zero attached hydrogens (tertiary/aromatic N) is 3. The molecule has 168 valence electrons. The van der Waals surface area contributed by atoms with Gasteiger partial charge in [0.2, 0.25) is 5.43 Å². The molecule has 0 saturated carbocycles. The molecule has 4 heterocycles. The summed E-state index contributed by atoms with van der Waals surface area (Å²) in [7, 11) is 0. The zero-order valence-corrected chi connectivity index (χ0v) is 18.3. The van der Waals surface area contributed by atoms with Crippen LogP contribution in [0.1, 0.15) is 27.4 Å². The largest absolute Gasteiger partial charge is 0.519 e. The number of benzene rings is 1. The fraction of sp³-hybridized carbons (Fsp3) is 0.381. The van der Waals surface area contributed by atoms with E-state index in [0.29, 0.717) is 66.4 Å². The number of thioether (sulfide) groups is 1. The molecule has 11 heteroatoms. The normalized spacial score (nSPS) is 16.3. The fourth-order valence-electron chi connectivity index (χ4n) is 4.35. The minimum atomic E-state index is -1.29. The monoisotopic (exact) mass is 461 g/mol. The summed E-state index contributed by atoms with van der Waals surface area (Å²) in [4.78, 5) is 39.7. The van der Waals surface area contributed by atoms with Gasteiger partial charge in [0.15, 0.2) is 5.76 Å². The summed E-state index contributed by atoms with van der Waals surface area (Å²) in [5.74, 6) is -1.07. The maximum atomic E-state index is 15.4. The number of halogens is 1. The summed E-state index contributed by atoms with van der Waals surface area (Å²) in [6, 6.07) is 1.66. The molecule has 1 saturated heterocycles. The Morgan fingerprint density at radius 2 is 1.91 bits per heavy atom. The van der Waals surface area contributed by atoms with E-state index in [1.165, 1.54) is 18.7 Å². The number of piperazine rings is 1. The molecular weight excluding hydrogens is 441 g/mol. The van der Waals surface area contributed by atoms with Crippen molar-refractivity contribution in [2.45, 2.75) is 31.3 Å². The molecule has 3 aromatic rings. The first-order valence-electron chi connectivity index (χ1n) is 10.1. The maximum Gasteiger partial charge on any atom is 0.519 e. The molecule has 0 aliphatic carbocycles. The van der Waals surface area contributed by atoms with Crippen LogP contribution in [-0.4, -0.2) is 46.7 Å². The second kappa shape index (κ2) is 7.52. The lowest BCUT2D eigenvalue weighted by Crippen LogP contribution is -2.46. The van der Waals surface area contributed by atoms with E-state index in [9.17, 15) is 19.5 Å². The van der Waals surface area contributed by atoms with Crippen molar-refractivity contribution in [1.82, 2.24) is 9.47 Å². The second-order valence-electron chi connectivity index (χ2n) is 7.94. The summed E-state index contributed by atoms with van der Waals surface area (Å²) in [5, 5.41) is 10.0. The predicted molar refractivity (Wildman–Crippen MR) is 115 cm³/mol. The molecule has 0 unspecified atom stereocenters. The summed E-state index contributed by atoms with van der Waals surface area (Å²) < 4.78 is 27.1. The Kier molecular flexibility index (Phi) is 4.90. The highest BCUT2D eigenvalue weighted by molar-refractivity contribution is 7.99. The van der Waals surface area contributed by atoms with Crippen LogP contribution in [0.5, 0.6) is 0 Å². The first-order valence-corrected chi connectivity index (χ1v) is 11.1. The second-order valence-corrected chi connectivity index (χ2v) is 8.87. The number of fused-ring (bicyclic) bond motifs is 3. The molecule has 0 amide bonds. The molecule has 1 fully saturated rings. The SMILES string of the molecule is Cc1oc(=O)oc1CN1CCN(c2cc3c(c(C)c2F)c(=O)c(C(=O)O)c2n3CS2)CC1. The Balaban J connectivity index is 1.46. The Bertz CT molecular complexity index is 1380. The van der Waals surface area contributed by atoms with Crippen molar-refractivity contribution < 1.29 is 23.1 Å². The highest BCUT2D eigenvalue weighted by atomic mass is 32.2. The molecule has 9 nitrogen and oxygen atoms in total. The standard InChI is InChI=1S/C21H20FN3O6S/c1-10-15-12(25-9-32-19(25)16(18(15)26)20(27)28)7-13(17(10)22)24-5-3-23(4-6-24)8-14-11(2)30-21(29)31-14/h7H,3-6,8-9H2,1-2H3,(H,27,28). The van der Waals surface area contributed by atoms with E-state index < -0.39 is 23.0 Å². The van der Waals surface area contributed by atoms with Crippen LogP contribution in [0.3, 0.4) is 0 Å². The van der Waals surface area contributed by atoms with Gasteiger partial charge in [0.1, 0.15) is 17.1 Å². The zero-order chi connectivity index (χ0) is 22.7. The van der Waals surface area contributed by atoms with E-state index in [-0.39, 0.29) is 16.5 Å². The molecule has 0 spiro atoms. The Hall–Kier alpha value is -3.05. The average Bonchev–Trinajstić information content (AvgIpc) is 3.03. The minimum Gasteiger partial charge on any atom is -0.477 e. The first kappa shape index (κ1) is 20.8. The predicted octanol–water partition coefficient (Wildman–Crippen LogP) is 2.39. The van der Waals surface area contributed by atoms with Gasteiger partial charge in [0.25, 0.3) is 0 Å². The third-order valence-electron chi connectivity index (χ3n) is 6.12. The number of aromatic nitrogens is 1. The summed E-state index contributed by atoms with van der Waals surface area (Å²) >= 11 is 1.30. The van der Waals surface area contributed by atoms with Crippen LogP contribution in [0.25, 0.3) is 10.9 Å². The van der Waals surface area contributed by atoms with Crippen LogP contribution in [0.4, 0.5) is 10.1 Å². The first-order chi connectivity index (χ1) is 15.3. The number of carbonyl (C=O) groups is 1. The molecule has 32 heavy (non-hydrogen) atoms. The molecule has 0 radical (unpaired) electrons. The molecule has 5 rings (SSSR count). The van der Waals surface area contributed by atoms with Crippen LogP contribution < -0.4 is 16.2 Å². The van der Waals surface area contributed by atoms with Gasteiger partial charge in [-0.1, -0.05) is 11.8 Å². The lowest BCUT2D eigenvalue weighted by atomic mass is 10.0. The number of aryl methyl sites for hydroxylation is 2. The van der Waals surface area contributed by atoms with Crippen LogP contribution in [0.2, 0.25) is 0 Å². The number of hydrogen-bond donors (Lipinski definition) is 1. The van der Waals surface area contributed by atoms with Gasteiger partial charge in [0, 0.05) is 31.7 Å². The van der Waals surface area contributed by atoms with E-state index in [2.05, 4.69) is 4.90 Å². The van der Waals surface area contributed by atoms with Crippen molar-refractivity contribution in [3.05, 3.63) is 55.4 Å². The van der Waals surface area contributed by atoms with E-state index in [4.69, 9.17) is 8.83 Å². The highest BCUT2D eigenvalue weighted by Gasteiger charge is 2.31. The van der Waals surface area contributed by atoms with E-state index in [0.717, 1.165) is 0 Å². The van der Waals surface area contributed by atoms with Crippen molar-refractivity contribution in [2.75, 3.05) is 31.1 Å². The Morgan fingerprint density at radius 1 is 1.19 bits per heavy atom. The quantitative estimate of drug-likeness (QED) is 0.626. The molecular formula is C21H20FN3O6S. The third kappa shape index (κ3) is 3.15. The van der Waals surface area contributed by atoms with Gasteiger partial charge < -0.3 is 23.4 Å². The summed E-state index contributed by atoms with van der Waals surface area (Å²) in [5.41, 5.74) is 0.181. The third-order valence-corrected chi connectivity index (χ3v) is 7.21. The molecule has 0 atom stereocenters. The maximum absolute atomic E-state index is 15.4. The molecule has 2 aliphatic rings. The number of pyridine rings is 1. The van der Waals surface area contributed by atoms with Gasteiger partial charge in [-0.15, -0.1) is 0 Å². The van der Waals surface area contributed by atoms with Gasteiger partial charge in [-0.05, 0) is 19.9 Å². The Labute approximate surface area is 185 Å². The van der Waals surface area contributed by atoms with Gasteiger partial charge >= 0.3 is 11.8 Å². The molecule has 1 aromatic carbocycles. The lowest BCUT2D eigenvalue weighted by molar-refractivity contribution is 0.0689. The van der Waals surface area contributed by atoms with Gasteiger partial charge in [-0.2, -0.15) is 0 Å². The van der Waals surface area contributed by atoms with E-state index in [1.807, 2.05) is 4.90 Å². The number of rotatable bonds is 4. The topological polar surface area (TPSA) is 109 Å². The highest BCUT2D eigenvalue weighted by Crippen LogP contribution is 2.39. The number of carboxylic acid groups (broad SMARTS) is 1. The molecule has 1 N–H and O–H groups in total. The lowest BCUT2D eigenvalue weighted by Gasteiger charge is -2.36. The van der Waals surface area contributed by atoms with Crippen molar-refractivity contribution in [2.24, 2.45) is 0 Å². The van der Waals surface area contributed by atoms with Crippen LogP contribution in [-0.2, 0) is 12.4 Å². The molecule has 0 bridgehead atoms. The van der Waals surface area contributed by atoms with Crippen molar-refractivity contribution >= 4 is 34.3 Å². The van der Waals surface area contributed by atoms with E-state index >= 15 is 4.39 Å². The summed E-state index contributed by atoms with van der Waals surface area (Å²) in [6.07, 6.45) is 0. The van der Waals surface area contributed by atoms with Crippen molar-refractivity contribution in [3.8, 4) is 0 Å². The number of carboxylic acids is 1. The average molecular weight is 461 g/mol. The fourth-order valence-corrected chi connectivity index (χ4v) is 5.30.